The molecule has 0 aliphatic heterocycles. The van der Waals surface area contributed by atoms with Gasteiger partial charge in [0, 0.05) is 19.3 Å². The number of carboxylic acids is 1. The van der Waals surface area contributed by atoms with Crippen molar-refractivity contribution in [1.29, 1.82) is 0 Å². The van der Waals surface area contributed by atoms with E-state index in [1.54, 1.807) is 11.9 Å². The Kier molecular flexibility index (Phi) is 11.1. The molecule has 1 aromatic rings. The lowest BCUT2D eigenvalue weighted by Gasteiger charge is -2.20. The molecule has 0 aliphatic carbocycles. The summed E-state index contributed by atoms with van der Waals surface area (Å²) in [6, 6.07) is 7.60. The summed E-state index contributed by atoms with van der Waals surface area (Å²) < 4.78 is 5.78. The van der Waals surface area contributed by atoms with E-state index in [1.807, 2.05) is 30.3 Å². The van der Waals surface area contributed by atoms with E-state index in [0.29, 0.717) is 11.7 Å². The third kappa shape index (κ3) is 9.96. The molecule has 27 heavy (non-hydrogen) atoms. The molecule has 6 nitrogen and oxygen atoms in total. The summed E-state index contributed by atoms with van der Waals surface area (Å²) in [5.41, 5.74) is 0.869. The van der Waals surface area contributed by atoms with Crippen molar-refractivity contribution in [3.05, 3.63) is 36.9 Å². The minimum absolute atomic E-state index is 0.199. The summed E-state index contributed by atoms with van der Waals surface area (Å²) in [6.45, 7) is 6.29. The van der Waals surface area contributed by atoms with E-state index in [0.717, 1.165) is 37.4 Å². The van der Waals surface area contributed by atoms with Crippen molar-refractivity contribution in [1.82, 2.24) is 10.2 Å². The van der Waals surface area contributed by atoms with Crippen LogP contribution in [0.5, 0.6) is 5.75 Å². The van der Waals surface area contributed by atoms with Gasteiger partial charge in [0.25, 0.3) is 0 Å². The quantitative estimate of drug-likeness (QED) is 0.303. The second kappa shape index (κ2) is 13.1. The van der Waals surface area contributed by atoms with E-state index in [4.69, 9.17) is 22.1 Å². The number of likely N-dealkylation sites (N-methyl/N-ethyl adjacent to an activating group) is 1. The number of rotatable bonds is 13. The largest absolute Gasteiger partial charge is 0.494 e. The number of nitrogens with zero attached hydrogens (tertiary/aromatic N) is 2. The molecular weight excluding hydrogens is 362 g/mol. The van der Waals surface area contributed by atoms with Crippen LogP contribution in [0.4, 0.5) is 5.69 Å². The average molecular weight is 394 g/mol. The van der Waals surface area contributed by atoms with Crippen molar-refractivity contribution in [2.45, 2.75) is 25.7 Å². The number of thiocarbonyl (C=S) groups is 1. The monoisotopic (exact) mass is 393 g/mol. The van der Waals surface area contributed by atoms with Gasteiger partial charge in [0.05, 0.1) is 6.61 Å². The molecule has 7 heteroatoms. The van der Waals surface area contributed by atoms with Gasteiger partial charge in [-0.2, -0.15) is 0 Å². The third-order valence-electron chi connectivity index (χ3n) is 4.06. The van der Waals surface area contributed by atoms with Crippen molar-refractivity contribution < 1.29 is 14.6 Å². The molecule has 0 radical (unpaired) electrons. The summed E-state index contributed by atoms with van der Waals surface area (Å²) in [5, 5.41) is 11.7. The van der Waals surface area contributed by atoms with Crippen LogP contribution in [0.3, 0.4) is 0 Å². The highest BCUT2D eigenvalue weighted by atomic mass is 32.1. The van der Waals surface area contributed by atoms with Gasteiger partial charge >= 0.3 is 5.97 Å². The molecular formula is C20H31N3O3S. The second-order valence-corrected chi connectivity index (χ2v) is 6.81. The topological polar surface area (TPSA) is 65.0 Å². The molecule has 150 valence electrons. The molecule has 0 bridgehead atoms. The molecule has 0 spiro atoms. The minimum atomic E-state index is -0.946. The number of anilines is 1. The number of carbonyl (C=O) groups is 1. The number of benzene rings is 1. The second-order valence-electron chi connectivity index (χ2n) is 6.42. The summed E-state index contributed by atoms with van der Waals surface area (Å²) in [4.78, 5) is 14.6. The lowest BCUT2D eigenvalue weighted by Crippen LogP contribution is -2.39. The zero-order valence-corrected chi connectivity index (χ0v) is 17.1. The van der Waals surface area contributed by atoms with E-state index < -0.39 is 5.97 Å². The molecule has 1 aromatic carbocycles. The number of ether oxygens (including phenoxy) is 1. The number of hydrogen-bond acceptors (Lipinski definition) is 4. The standard InChI is InChI=1S/C20H31N3O3S/c1-4-13-22(2)14-7-5-6-8-15-26-18-11-9-17(10-12-18)23(3)20(27)21-16-19(24)25/h4,9-12H,1,5-8,13-16H2,2-3H3,(H,21,27)(H,24,25). The fourth-order valence-corrected chi connectivity index (χ4v) is 2.67. The van der Waals surface area contributed by atoms with Crippen LogP contribution in [-0.2, 0) is 4.79 Å². The lowest BCUT2D eigenvalue weighted by molar-refractivity contribution is -0.135. The number of carboxylic acid groups (broad SMARTS) is 1. The van der Waals surface area contributed by atoms with Gasteiger partial charge in [0.2, 0.25) is 0 Å². The van der Waals surface area contributed by atoms with Gasteiger partial charge < -0.3 is 25.0 Å². The van der Waals surface area contributed by atoms with Crippen molar-refractivity contribution in [2.75, 3.05) is 45.2 Å². The molecule has 1 rings (SSSR count). The smallest absolute Gasteiger partial charge is 0.322 e. The van der Waals surface area contributed by atoms with Gasteiger partial charge in [-0.25, -0.2) is 0 Å². The first kappa shape index (κ1) is 22.9. The molecule has 2 N–H and O–H groups in total. The van der Waals surface area contributed by atoms with Crippen LogP contribution in [0.25, 0.3) is 0 Å². The van der Waals surface area contributed by atoms with Crippen LogP contribution in [0.2, 0.25) is 0 Å². The first-order valence-electron chi connectivity index (χ1n) is 9.19. The van der Waals surface area contributed by atoms with E-state index in [1.165, 1.54) is 12.8 Å². The zero-order chi connectivity index (χ0) is 20.1. The molecule has 0 saturated heterocycles. The fourth-order valence-electron chi connectivity index (χ4n) is 2.49. The first-order valence-corrected chi connectivity index (χ1v) is 9.60. The minimum Gasteiger partial charge on any atom is -0.494 e. The fraction of sp³-hybridized carbons (Fsp3) is 0.500. The Labute approximate surface area is 167 Å². The van der Waals surface area contributed by atoms with Gasteiger partial charge in [0.15, 0.2) is 5.11 Å². The Morgan fingerprint density at radius 3 is 2.52 bits per heavy atom. The van der Waals surface area contributed by atoms with Gasteiger partial charge in [0.1, 0.15) is 12.3 Å². The van der Waals surface area contributed by atoms with Gasteiger partial charge in [-0.05, 0) is 62.9 Å². The molecule has 0 atom stereocenters. The summed E-state index contributed by atoms with van der Waals surface area (Å²) in [7, 11) is 3.90. The van der Waals surface area contributed by atoms with Crippen LogP contribution >= 0.6 is 12.2 Å². The Morgan fingerprint density at radius 2 is 1.89 bits per heavy atom. The molecule has 0 saturated carbocycles. The number of unbranched alkanes of at least 4 members (excludes halogenated alkanes) is 3. The van der Waals surface area contributed by atoms with Crippen molar-refractivity contribution in [3.8, 4) is 5.75 Å². The zero-order valence-electron chi connectivity index (χ0n) is 16.3. The Morgan fingerprint density at radius 1 is 1.22 bits per heavy atom. The Balaban J connectivity index is 2.23. The number of aliphatic carboxylic acids is 1. The predicted molar refractivity (Wildman–Crippen MR) is 115 cm³/mol. The van der Waals surface area contributed by atoms with Gasteiger partial charge in [-0.3, -0.25) is 4.79 Å². The highest BCUT2D eigenvalue weighted by Crippen LogP contribution is 2.19. The van der Waals surface area contributed by atoms with Crippen LogP contribution < -0.4 is 15.0 Å². The number of hydrogen-bond donors (Lipinski definition) is 2. The maximum atomic E-state index is 10.6. The molecule has 0 unspecified atom stereocenters. The Bertz CT molecular complexity index is 593. The molecule has 0 amide bonds. The molecule has 0 aliphatic rings. The highest BCUT2D eigenvalue weighted by Gasteiger charge is 2.08. The summed E-state index contributed by atoms with van der Waals surface area (Å²) in [5.74, 6) is -0.124. The summed E-state index contributed by atoms with van der Waals surface area (Å²) in [6.07, 6.45) is 6.52. The van der Waals surface area contributed by atoms with Gasteiger partial charge in [-0.15, -0.1) is 6.58 Å². The number of nitrogens with one attached hydrogen (secondary N) is 1. The first-order chi connectivity index (χ1) is 12.9. The third-order valence-corrected chi connectivity index (χ3v) is 4.48. The van der Waals surface area contributed by atoms with Gasteiger partial charge in [-0.1, -0.05) is 18.9 Å². The Hall–Kier alpha value is -2.12. The van der Waals surface area contributed by atoms with Crippen molar-refractivity contribution >= 4 is 29.0 Å². The van der Waals surface area contributed by atoms with E-state index >= 15 is 0 Å². The highest BCUT2D eigenvalue weighted by molar-refractivity contribution is 7.80. The van der Waals surface area contributed by atoms with Crippen LogP contribution in [0.15, 0.2) is 36.9 Å². The van der Waals surface area contributed by atoms with E-state index in [-0.39, 0.29) is 6.54 Å². The van der Waals surface area contributed by atoms with Crippen molar-refractivity contribution in [2.24, 2.45) is 0 Å². The predicted octanol–water partition coefficient (Wildman–Crippen LogP) is 3.14. The normalized spacial score (nSPS) is 10.5. The van der Waals surface area contributed by atoms with E-state index in [9.17, 15) is 4.79 Å². The maximum Gasteiger partial charge on any atom is 0.322 e. The molecule has 0 fully saturated rings. The average Bonchev–Trinajstić information content (AvgIpc) is 2.65. The van der Waals surface area contributed by atoms with Crippen LogP contribution in [0.1, 0.15) is 25.7 Å². The molecule has 0 aromatic heterocycles. The lowest BCUT2D eigenvalue weighted by atomic mass is 10.2. The maximum absolute atomic E-state index is 10.6. The SMILES string of the molecule is C=CCN(C)CCCCCCOc1ccc(N(C)C(=S)NCC(=O)O)cc1. The van der Waals surface area contributed by atoms with E-state index in [2.05, 4.69) is 23.8 Å². The van der Waals surface area contributed by atoms with Crippen LogP contribution in [0, 0.1) is 0 Å². The van der Waals surface area contributed by atoms with Crippen LogP contribution in [-0.4, -0.2) is 61.4 Å². The van der Waals surface area contributed by atoms with Crippen molar-refractivity contribution in [3.63, 3.8) is 0 Å². The molecule has 0 heterocycles. The summed E-state index contributed by atoms with van der Waals surface area (Å²) >= 11 is 5.17.